The van der Waals surface area contributed by atoms with Crippen LogP contribution < -0.4 is 5.32 Å². The quantitative estimate of drug-likeness (QED) is 0.929. The predicted octanol–water partition coefficient (Wildman–Crippen LogP) is 2.87. The molecule has 2 heterocycles. The normalized spacial score (nSPS) is 19.6. The highest BCUT2D eigenvalue weighted by Gasteiger charge is 2.24. The standard InChI is InChI=1S/C17H23N5OS/c1-13-8-10-24-11-9-21(13)17(23)18-14(2)16-12-22(20-19-16)15-6-4-3-5-7-15/h3-7,12-14H,8-11H2,1-2H3,(H,18,23)/t13-,14-/m1/s1. The molecule has 1 aromatic heterocycles. The van der Waals surface area contributed by atoms with E-state index in [1.165, 1.54) is 0 Å². The molecule has 0 bridgehead atoms. The maximum Gasteiger partial charge on any atom is 0.318 e. The van der Waals surface area contributed by atoms with Gasteiger partial charge in [-0.15, -0.1) is 5.10 Å². The summed E-state index contributed by atoms with van der Waals surface area (Å²) in [5.41, 5.74) is 1.71. The Labute approximate surface area is 146 Å². The lowest BCUT2D eigenvalue weighted by atomic mass is 10.2. The van der Waals surface area contributed by atoms with E-state index in [1.54, 1.807) is 4.68 Å². The fourth-order valence-electron chi connectivity index (χ4n) is 2.72. The minimum atomic E-state index is -0.182. The fraction of sp³-hybridized carbons (Fsp3) is 0.471. The van der Waals surface area contributed by atoms with Gasteiger partial charge in [-0.1, -0.05) is 23.4 Å². The SMILES string of the molecule is C[C@@H]1CCSCCN1C(=O)N[C@H](C)c1cn(-c2ccccc2)nn1. The first kappa shape index (κ1) is 16.8. The monoisotopic (exact) mass is 345 g/mol. The molecule has 1 aliphatic rings. The third-order valence-electron chi connectivity index (χ3n) is 4.26. The van der Waals surface area contributed by atoms with Crippen LogP contribution in [0.5, 0.6) is 0 Å². The van der Waals surface area contributed by atoms with E-state index >= 15 is 0 Å². The van der Waals surface area contributed by atoms with E-state index in [0.717, 1.165) is 35.9 Å². The van der Waals surface area contributed by atoms with Crippen LogP contribution in [0.25, 0.3) is 5.69 Å². The maximum absolute atomic E-state index is 12.6. The van der Waals surface area contributed by atoms with E-state index in [-0.39, 0.29) is 18.1 Å². The third-order valence-corrected chi connectivity index (χ3v) is 5.26. The van der Waals surface area contributed by atoms with Crippen LogP contribution in [-0.4, -0.2) is 50.0 Å². The molecule has 1 aromatic carbocycles. The Bertz CT molecular complexity index is 675. The molecule has 0 radical (unpaired) electrons. The minimum Gasteiger partial charge on any atom is -0.330 e. The smallest absolute Gasteiger partial charge is 0.318 e. The van der Waals surface area contributed by atoms with Crippen LogP contribution in [0.2, 0.25) is 0 Å². The number of carbonyl (C=O) groups excluding carboxylic acids is 1. The minimum absolute atomic E-state index is 0.0215. The predicted molar refractivity (Wildman–Crippen MR) is 96.4 cm³/mol. The average Bonchev–Trinajstić information content (AvgIpc) is 2.99. The van der Waals surface area contributed by atoms with Gasteiger partial charge in [0.15, 0.2) is 0 Å². The first-order valence-electron chi connectivity index (χ1n) is 8.27. The Morgan fingerprint density at radius 2 is 2.12 bits per heavy atom. The van der Waals surface area contributed by atoms with Crippen molar-refractivity contribution in [2.45, 2.75) is 32.4 Å². The van der Waals surface area contributed by atoms with E-state index in [4.69, 9.17) is 0 Å². The molecule has 3 rings (SSSR count). The van der Waals surface area contributed by atoms with E-state index in [2.05, 4.69) is 22.6 Å². The molecule has 6 nitrogen and oxygen atoms in total. The molecule has 128 valence electrons. The molecule has 7 heteroatoms. The van der Waals surface area contributed by atoms with E-state index in [0.29, 0.717) is 0 Å². The summed E-state index contributed by atoms with van der Waals surface area (Å²) in [5.74, 6) is 2.11. The van der Waals surface area contributed by atoms with Gasteiger partial charge in [-0.05, 0) is 38.2 Å². The summed E-state index contributed by atoms with van der Waals surface area (Å²) < 4.78 is 1.73. The van der Waals surface area contributed by atoms with Gasteiger partial charge >= 0.3 is 6.03 Å². The van der Waals surface area contributed by atoms with Crippen molar-refractivity contribution >= 4 is 17.8 Å². The number of amides is 2. The summed E-state index contributed by atoms with van der Waals surface area (Å²) in [6, 6.07) is 9.89. The number of aromatic nitrogens is 3. The number of para-hydroxylation sites is 1. The zero-order valence-corrected chi connectivity index (χ0v) is 14.9. The number of nitrogens with one attached hydrogen (secondary N) is 1. The third kappa shape index (κ3) is 3.90. The molecule has 2 amide bonds. The molecule has 1 aliphatic heterocycles. The largest absolute Gasteiger partial charge is 0.330 e. The van der Waals surface area contributed by atoms with Gasteiger partial charge in [-0.2, -0.15) is 11.8 Å². The van der Waals surface area contributed by atoms with Crippen molar-refractivity contribution in [1.29, 1.82) is 0 Å². The van der Waals surface area contributed by atoms with Crippen molar-refractivity contribution in [3.8, 4) is 5.69 Å². The summed E-state index contributed by atoms with van der Waals surface area (Å²) in [7, 11) is 0. The number of thioether (sulfide) groups is 1. The summed E-state index contributed by atoms with van der Waals surface area (Å²) >= 11 is 1.91. The molecular formula is C17H23N5OS. The Kier molecular flexibility index (Phi) is 5.40. The number of hydrogen-bond donors (Lipinski definition) is 1. The van der Waals surface area contributed by atoms with Gasteiger partial charge < -0.3 is 10.2 Å². The molecule has 0 spiro atoms. The van der Waals surface area contributed by atoms with Crippen LogP contribution >= 0.6 is 11.8 Å². The number of urea groups is 1. The zero-order valence-electron chi connectivity index (χ0n) is 14.1. The average molecular weight is 345 g/mol. The van der Waals surface area contributed by atoms with Crippen LogP contribution in [0.3, 0.4) is 0 Å². The lowest BCUT2D eigenvalue weighted by Crippen LogP contribution is -2.46. The lowest BCUT2D eigenvalue weighted by molar-refractivity contribution is 0.179. The lowest BCUT2D eigenvalue weighted by Gasteiger charge is -2.28. The summed E-state index contributed by atoms with van der Waals surface area (Å²) in [6.07, 6.45) is 2.90. The van der Waals surface area contributed by atoms with E-state index in [1.807, 2.05) is 60.1 Å². The molecule has 24 heavy (non-hydrogen) atoms. The second-order valence-electron chi connectivity index (χ2n) is 6.04. The molecule has 0 saturated carbocycles. The molecule has 2 atom stereocenters. The van der Waals surface area contributed by atoms with Gasteiger partial charge in [0.1, 0.15) is 5.69 Å². The highest BCUT2D eigenvalue weighted by atomic mass is 32.2. The topological polar surface area (TPSA) is 63.1 Å². The first-order chi connectivity index (χ1) is 11.6. The van der Waals surface area contributed by atoms with Gasteiger partial charge in [0.05, 0.1) is 17.9 Å². The van der Waals surface area contributed by atoms with Gasteiger partial charge in [0.2, 0.25) is 0 Å². The Balaban J connectivity index is 1.65. The van der Waals surface area contributed by atoms with Gasteiger partial charge in [-0.3, -0.25) is 0 Å². The molecule has 1 fully saturated rings. The van der Waals surface area contributed by atoms with Crippen molar-refractivity contribution < 1.29 is 4.79 Å². The number of benzene rings is 1. The van der Waals surface area contributed by atoms with Crippen LogP contribution in [-0.2, 0) is 0 Å². The highest BCUT2D eigenvalue weighted by molar-refractivity contribution is 7.99. The Morgan fingerprint density at radius 1 is 1.33 bits per heavy atom. The van der Waals surface area contributed by atoms with Crippen LogP contribution in [0.4, 0.5) is 4.79 Å². The maximum atomic E-state index is 12.6. The van der Waals surface area contributed by atoms with E-state index in [9.17, 15) is 4.79 Å². The molecule has 0 aliphatic carbocycles. The second-order valence-corrected chi connectivity index (χ2v) is 7.26. The van der Waals surface area contributed by atoms with Crippen molar-refractivity contribution in [3.05, 3.63) is 42.2 Å². The fourth-order valence-corrected chi connectivity index (χ4v) is 3.76. The van der Waals surface area contributed by atoms with E-state index < -0.39 is 0 Å². The Morgan fingerprint density at radius 3 is 2.92 bits per heavy atom. The van der Waals surface area contributed by atoms with Gasteiger partial charge in [0.25, 0.3) is 0 Å². The number of nitrogens with zero attached hydrogens (tertiary/aromatic N) is 4. The molecule has 1 N–H and O–H groups in total. The summed E-state index contributed by atoms with van der Waals surface area (Å²) in [5, 5.41) is 11.4. The van der Waals surface area contributed by atoms with Crippen LogP contribution in [0.15, 0.2) is 36.5 Å². The number of hydrogen-bond acceptors (Lipinski definition) is 4. The number of carbonyl (C=O) groups is 1. The van der Waals surface area contributed by atoms with Crippen molar-refractivity contribution in [1.82, 2.24) is 25.2 Å². The molecule has 0 unspecified atom stereocenters. The van der Waals surface area contributed by atoms with Gasteiger partial charge in [-0.25, -0.2) is 9.48 Å². The van der Waals surface area contributed by atoms with Crippen molar-refractivity contribution in [2.75, 3.05) is 18.1 Å². The Hall–Kier alpha value is -2.02. The first-order valence-corrected chi connectivity index (χ1v) is 9.43. The summed E-state index contributed by atoms with van der Waals surface area (Å²) in [4.78, 5) is 14.5. The summed E-state index contributed by atoms with van der Waals surface area (Å²) in [6.45, 7) is 4.84. The zero-order chi connectivity index (χ0) is 16.9. The highest BCUT2D eigenvalue weighted by Crippen LogP contribution is 2.17. The number of rotatable bonds is 3. The second kappa shape index (κ2) is 7.70. The van der Waals surface area contributed by atoms with Gasteiger partial charge in [0, 0.05) is 18.3 Å². The molecule has 1 saturated heterocycles. The van der Waals surface area contributed by atoms with Crippen LogP contribution in [0, 0.1) is 0 Å². The van der Waals surface area contributed by atoms with Crippen LogP contribution in [0.1, 0.15) is 32.0 Å². The molecular weight excluding hydrogens is 322 g/mol. The molecule has 2 aromatic rings. The van der Waals surface area contributed by atoms with Crippen molar-refractivity contribution in [2.24, 2.45) is 0 Å². The van der Waals surface area contributed by atoms with Crippen molar-refractivity contribution in [3.63, 3.8) is 0 Å².